The van der Waals surface area contributed by atoms with E-state index < -0.39 is 0 Å². The number of halogens is 1. The van der Waals surface area contributed by atoms with Crippen LogP contribution in [0.2, 0.25) is 5.02 Å². The summed E-state index contributed by atoms with van der Waals surface area (Å²) in [7, 11) is 3.12. The van der Waals surface area contributed by atoms with Crippen molar-refractivity contribution in [2.45, 2.75) is 20.4 Å². The van der Waals surface area contributed by atoms with Gasteiger partial charge in [0.15, 0.2) is 0 Å². The molecule has 3 aromatic rings. The van der Waals surface area contributed by atoms with Crippen LogP contribution in [0.5, 0.6) is 11.5 Å². The zero-order chi connectivity index (χ0) is 20.3. The summed E-state index contributed by atoms with van der Waals surface area (Å²) in [5.41, 5.74) is 3.45. The number of carbonyl (C=O) groups excluding carboxylic acids is 1. The number of aromatic nitrogens is 2. The van der Waals surface area contributed by atoms with Crippen molar-refractivity contribution in [3.05, 3.63) is 70.0 Å². The molecule has 6 nitrogen and oxygen atoms in total. The molecule has 0 aliphatic heterocycles. The molecule has 1 N–H and O–H groups in total. The minimum atomic E-state index is -0.246. The largest absolute Gasteiger partial charge is 0.497 e. The van der Waals surface area contributed by atoms with Gasteiger partial charge in [0.2, 0.25) is 0 Å². The summed E-state index contributed by atoms with van der Waals surface area (Å²) in [6.45, 7) is 4.18. The summed E-state index contributed by atoms with van der Waals surface area (Å²) in [5, 5.41) is 8.10. The normalized spacial score (nSPS) is 10.6. The molecule has 7 heteroatoms. The predicted molar refractivity (Wildman–Crippen MR) is 110 cm³/mol. The smallest absolute Gasteiger partial charge is 0.259 e. The standard InChI is InChI=1S/C21H22ClN3O3/c1-13-20(14(2)25(24-13)12-15-7-5-6-8-17(15)22)21(26)23-18-10-9-16(27-3)11-19(18)28-4/h5-11H,12H2,1-4H3,(H,23,26). The first-order valence-electron chi connectivity index (χ1n) is 8.75. The van der Waals surface area contributed by atoms with Crippen LogP contribution in [0.15, 0.2) is 42.5 Å². The lowest BCUT2D eigenvalue weighted by Gasteiger charge is -2.12. The molecular weight excluding hydrogens is 378 g/mol. The topological polar surface area (TPSA) is 65.4 Å². The molecular formula is C21H22ClN3O3. The van der Waals surface area contributed by atoms with Crippen LogP contribution in [-0.2, 0) is 6.54 Å². The third-order valence-electron chi connectivity index (χ3n) is 4.54. The molecule has 0 fully saturated rings. The highest BCUT2D eigenvalue weighted by Gasteiger charge is 2.20. The van der Waals surface area contributed by atoms with Gasteiger partial charge < -0.3 is 14.8 Å². The quantitative estimate of drug-likeness (QED) is 0.664. The van der Waals surface area contributed by atoms with Crippen molar-refractivity contribution in [1.82, 2.24) is 9.78 Å². The van der Waals surface area contributed by atoms with Gasteiger partial charge in [-0.3, -0.25) is 9.48 Å². The molecule has 0 saturated carbocycles. The first-order valence-corrected chi connectivity index (χ1v) is 9.13. The van der Waals surface area contributed by atoms with E-state index in [1.807, 2.05) is 38.1 Å². The lowest BCUT2D eigenvalue weighted by Crippen LogP contribution is -2.15. The van der Waals surface area contributed by atoms with Crippen LogP contribution in [0, 0.1) is 13.8 Å². The summed E-state index contributed by atoms with van der Waals surface area (Å²) in [6, 6.07) is 12.8. The number of nitrogens with one attached hydrogen (secondary N) is 1. The highest BCUT2D eigenvalue weighted by Crippen LogP contribution is 2.30. The van der Waals surface area contributed by atoms with E-state index in [0.717, 1.165) is 11.3 Å². The molecule has 0 atom stereocenters. The number of ether oxygens (including phenoxy) is 2. The van der Waals surface area contributed by atoms with Crippen LogP contribution in [0.4, 0.5) is 5.69 Å². The van der Waals surface area contributed by atoms with E-state index in [2.05, 4.69) is 10.4 Å². The summed E-state index contributed by atoms with van der Waals surface area (Å²) >= 11 is 6.26. The van der Waals surface area contributed by atoms with E-state index in [9.17, 15) is 4.79 Å². The van der Waals surface area contributed by atoms with Crippen LogP contribution >= 0.6 is 11.6 Å². The lowest BCUT2D eigenvalue weighted by molar-refractivity contribution is 0.102. The number of hydrogen-bond donors (Lipinski definition) is 1. The first-order chi connectivity index (χ1) is 13.4. The van der Waals surface area contributed by atoms with Gasteiger partial charge in [0, 0.05) is 16.8 Å². The van der Waals surface area contributed by atoms with Crippen molar-refractivity contribution >= 4 is 23.2 Å². The van der Waals surface area contributed by atoms with E-state index in [4.69, 9.17) is 21.1 Å². The molecule has 0 aliphatic rings. The van der Waals surface area contributed by atoms with Crippen molar-refractivity contribution < 1.29 is 14.3 Å². The van der Waals surface area contributed by atoms with Gasteiger partial charge in [-0.2, -0.15) is 5.10 Å². The Bertz CT molecular complexity index is 1010. The van der Waals surface area contributed by atoms with Crippen molar-refractivity contribution in [1.29, 1.82) is 0 Å². The minimum Gasteiger partial charge on any atom is -0.497 e. The molecule has 28 heavy (non-hydrogen) atoms. The van der Waals surface area contributed by atoms with Crippen LogP contribution in [0.1, 0.15) is 27.3 Å². The Hall–Kier alpha value is -2.99. The van der Waals surface area contributed by atoms with Gasteiger partial charge in [-0.1, -0.05) is 29.8 Å². The highest BCUT2D eigenvalue weighted by atomic mass is 35.5. The summed E-state index contributed by atoms with van der Waals surface area (Å²) in [4.78, 5) is 12.9. The Morgan fingerprint density at radius 1 is 1.14 bits per heavy atom. The van der Waals surface area contributed by atoms with E-state index in [1.54, 1.807) is 37.1 Å². The van der Waals surface area contributed by atoms with Gasteiger partial charge in [-0.05, 0) is 37.6 Å². The molecule has 146 valence electrons. The summed E-state index contributed by atoms with van der Waals surface area (Å²) in [6.07, 6.45) is 0. The zero-order valence-electron chi connectivity index (χ0n) is 16.2. The molecule has 3 rings (SSSR count). The van der Waals surface area contributed by atoms with Crippen LogP contribution in [-0.4, -0.2) is 29.9 Å². The van der Waals surface area contributed by atoms with Gasteiger partial charge in [-0.25, -0.2) is 0 Å². The van der Waals surface area contributed by atoms with Crippen molar-refractivity contribution in [2.24, 2.45) is 0 Å². The Morgan fingerprint density at radius 2 is 1.89 bits per heavy atom. The SMILES string of the molecule is COc1ccc(NC(=O)c2c(C)nn(Cc3ccccc3Cl)c2C)c(OC)c1. The molecule has 0 aliphatic carbocycles. The molecule has 0 saturated heterocycles. The molecule has 2 aromatic carbocycles. The number of aryl methyl sites for hydroxylation is 1. The predicted octanol–water partition coefficient (Wildman–Crippen LogP) is 4.47. The molecule has 1 aromatic heterocycles. The number of rotatable bonds is 6. The van der Waals surface area contributed by atoms with Gasteiger partial charge in [0.25, 0.3) is 5.91 Å². The third-order valence-corrected chi connectivity index (χ3v) is 4.91. The maximum Gasteiger partial charge on any atom is 0.259 e. The monoisotopic (exact) mass is 399 g/mol. The average Bonchev–Trinajstić information content (AvgIpc) is 2.97. The maximum atomic E-state index is 12.9. The minimum absolute atomic E-state index is 0.246. The molecule has 1 heterocycles. The van der Waals surface area contributed by atoms with E-state index >= 15 is 0 Å². The molecule has 0 bridgehead atoms. The summed E-state index contributed by atoms with van der Waals surface area (Å²) < 4.78 is 12.3. The van der Waals surface area contributed by atoms with Crippen LogP contribution < -0.4 is 14.8 Å². The number of carbonyl (C=O) groups is 1. The second-order valence-corrected chi connectivity index (χ2v) is 6.72. The lowest BCUT2D eigenvalue weighted by atomic mass is 10.1. The van der Waals surface area contributed by atoms with Crippen molar-refractivity contribution in [2.75, 3.05) is 19.5 Å². The van der Waals surface area contributed by atoms with Crippen LogP contribution in [0.3, 0.4) is 0 Å². The Kier molecular flexibility index (Phi) is 5.90. The Morgan fingerprint density at radius 3 is 2.57 bits per heavy atom. The number of hydrogen-bond acceptors (Lipinski definition) is 4. The summed E-state index contributed by atoms with van der Waals surface area (Å²) in [5.74, 6) is 0.921. The third kappa shape index (κ3) is 3.97. The van der Waals surface area contributed by atoms with Crippen molar-refractivity contribution in [3.8, 4) is 11.5 Å². The van der Waals surface area contributed by atoms with Crippen molar-refractivity contribution in [3.63, 3.8) is 0 Å². The highest BCUT2D eigenvalue weighted by molar-refractivity contribution is 6.31. The van der Waals surface area contributed by atoms with E-state index in [0.29, 0.717) is 40.0 Å². The number of amides is 1. The average molecular weight is 400 g/mol. The van der Waals surface area contributed by atoms with E-state index in [1.165, 1.54) is 0 Å². The molecule has 0 spiro atoms. The first kappa shape index (κ1) is 19.8. The Balaban J connectivity index is 1.87. The number of methoxy groups -OCH3 is 2. The number of benzene rings is 2. The van der Waals surface area contributed by atoms with Gasteiger partial charge in [-0.15, -0.1) is 0 Å². The number of anilines is 1. The Labute approximate surface area is 169 Å². The molecule has 1 amide bonds. The molecule has 0 radical (unpaired) electrons. The van der Waals surface area contributed by atoms with Crippen LogP contribution in [0.25, 0.3) is 0 Å². The van der Waals surface area contributed by atoms with Gasteiger partial charge in [0.1, 0.15) is 11.5 Å². The second kappa shape index (κ2) is 8.35. The fourth-order valence-corrected chi connectivity index (χ4v) is 3.25. The fraction of sp³-hybridized carbons (Fsp3) is 0.238. The number of nitrogens with zero attached hydrogens (tertiary/aromatic N) is 2. The van der Waals surface area contributed by atoms with Gasteiger partial charge >= 0.3 is 0 Å². The van der Waals surface area contributed by atoms with E-state index in [-0.39, 0.29) is 5.91 Å². The fourth-order valence-electron chi connectivity index (χ4n) is 3.05. The second-order valence-electron chi connectivity index (χ2n) is 6.32. The van der Waals surface area contributed by atoms with Gasteiger partial charge in [0.05, 0.1) is 37.7 Å². The maximum absolute atomic E-state index is 12.9. The molecule has 0 unspecified atom stereocenters. The zero-order valence-corrected chi connectivity index (χ0v) is 17.0.